The summed E-state index contributed by atoms with van der Waals surface area (Å²) in [5, 5.41) is 13.8. The van der Waals surface area contributed by atoms with Gasteiger partial charge >= 0.3 is 0 Å². The Morgan fingerprint density at radius 1 is 1.32 bits per heavy atom. The van der Waals surface area contributed by atoms with Crippen LogP contribution in [0.15, 0.2) is 29.2 Å². The van der Waals surface area contributed by atoms with Gasteiger partial charge in [-0.15, -0.1) is 11.8 Å². The monoisotopic (exact) mass is 279 g/mol. The van der Waals surface area contributed by atoms with Crippen LogP contribution in [-0.4, -0.2) is 22.5 Å². The molecule has 1 aliphatic carbocycles. The summed E-state index contributed by atoms with van der Waals surface area (Å²) < 4.78 is 0. The van der Waals surface area contributed by atoms with Gasteiger partial charge in [-0.25, -0.2) is 0 Å². The second-order valence-electron chi connectivity index (χ2n) is 5.90. The third-order valence-electron chi connectivity index (χ3n) is 3.65. The molecular weight excluding hydrogens is 254 g/mol. The first kappa shape index (κ1) is 14.9. The van der Waals surface area contributed by atoms with Crippen molar-refractivity contribution < 1.29 is 5.11 Å². The van der Waals surface area contributed by atoms with E-state index in [-0.39, 0.29) is 0 Å². The van der Waals surface area contributed by atoms with E-state index in [0.29, 0.717) is 6.04 Å². The maximum atomic E-state index is 10.4. The first-order valence-corrected chi connectivity index (χ1v) is 8.23. The summed E-state index contributed by atoms with van der Waals surface area (Å²) in [6.45, 7) is 5.23. The molecule has 0 radical (unpaired) electrons. The number of rotatable bonds is 6. The van der Waals surface area contributed by atoms with Crippen molar-refractivity contribution in [2.24, 2.45) is 0 Å². The molecule has 0 aromatic heterocycles. The van der Waals surface area contributed by atoms with E-state index in [2.05, 4.69) is 43.4 Å². The van der Waals surface area contributed by atoms with E-state index < -0.39 is 5.60 Å². The van der Waals surface area contributed by atoms with Crippen molar-refractivity contribution in [1.29, 1.82) is 0 Å². The number of thioether (sulfide) groups is 1. The molecule has 0 heterocycles. The van der Waals surface area contributed by atoms with Gasteiger partial charge in [0.1, 0.15) is 0 Å². The molecule has 1 aromatic carbocycles. The molecule has 2 rings (SSSR count). The minimum Gasteiger partial charge on any atom is -0.389 e. The van der Waals surface area contributed by atoms with Gasteiger partial charge in [-0.3, -0.25) is 0 Å². The van der Waals surface area contributed by atoms with Crippen LogP contribution in [0.3, 0.4) is 0 Å². The van der Waals surface area contributed by atoms with Gasteiger partial charge in [0.05, 0.1) is 5.60 Å². The van der Waals surface area contributed by atoms with Gasteiger partial charge < -0.3 is 10.4 Å². The predicted octanol–water partition coefficient (Wildman–Crippen LogP) is 3.58. The summed E-state index contributed by atoms with van der Waals surface area (Å²) >= 11 is 1.79. The molecule has 1 aliphatic rings. The second-order valence-corrected chi connectivity index (χ2v) is 6.95. The Bertz CT molecular complexity index is 399. The largest absolute Gasteiger partial charge is 0.389 e. The van der Waals surface area contributed by atoms with Gasteiger partial charge in [0.15, 0.2) is 0 Å². The van der Waals surface area contributed by atoms with Crippen molar-refractivity contribution in [3.8, 4) is 0 Å². The fraction of sp³-hybridized carbons (Fsp3) is 0.625. The van der Waals surface area contributed by atoms with E-state index in [1.54, 1.807) is 11.8 Å². The van der Waals surface area contributed by atoms with Gasteiger partial charge in [0.25, 0.3) is 0 Å². The first-order valence-electron chi connectivity index (χ1n) is 7.25. The second kappa shape index (κ2) is 6.78. The SMILES string of the molecule is CC(C)NCc1cccc(SCC2(O)CCCC2)c1. The van der Waals surface area contributed by atoms with Gasteiger partial charge in [-0.05, 0) is 30.5 Å². The van der Waals surface area contributed by atoms with Crippen molar-refractivity contribution in [2.75, 3.05) is 5.75 Å². The van der Waals surface area contributed by atoms with E-state index in [4.69, 9.17) is 0 Å². The molecule has 0 spiro atoms. The predicted molar refractivity (Wildman–Crippen MR) is 82.6 cm³/mol. The van der Waals surface area contributed by atoms with Crippen molar-refractivity contribution in [3.05, 3.63) is 29.8 Å². The van der Waals surface area contributed by atoms with Crippen LogP contribution in [0.25, 0.3) is 0 Å². The molecule has 19 heavy (non-hydrogen) atoms. The molecule has 1 saturated carbocycles. The summed E-state index contributed by atoms with van der Waals surface area (Å²) in [7, 11) is 0. The number of nitrogens with one attached hydrogen (secondary N) is 1. The van der Waals surface area contributed by atoms with Crippen molar-refractivity contribution in [2.45, 2.75) is 62.6 Å². The molecule has 0 amide bonds. The Hall–Kier alpha value is -0.510. The molecule has 1 aromatic rings. The summed E-state index contributed by atoms with van der Waals surface area (Å²) in [6, 6.07) is 9.15. The molecule has 0 unspecified atom stereocenters. The zero-order valence-corrected chi connectivity index (χ0v) is 12.8. The van der Waals surface area contributed by atoms with Gasteiger partial charge in [0.2, 0.25) is 0 Å². The minimum atomic E-state index is -0.420. The number of hydrogen-bond acceptors (Lipinski definition) is 3. The molecule has 0 bridgehead atoms. The fourth-order valence-corrected chi connectivity index (χ4v) is 3.60. The van der Waals surface area contributed by atoms with E-state index in [1.807, 2.05) is 0 Å². The third-order valence-corrected chi connectivity index (χ3v) is 4.92. The topological polar surface area (TPSA) is 32.3 Å². The molecule has 0 atom stereocenters. The Labute approximate surface area is 121 Å². The summed E-state index contributed by atoms with van der Waals surface area (Å²) in [4.78, 5) is 1.27. The zero-order chi connectivity index (χ0) is 13.7. The Balaban J connectivity index is 1.87. The maximum absolute atomic E-state index is 10.4. The van der Waals surface area contributed by atoms with Gasteiger partial charge in [-0.1, -0.05) is 38.8 Å². The molecule has 2 N–H and O–H groups in total. The van der Waals surface area contributed by atoms with Crippen LogP contribution in [0.4, 0.5) is 0 Å². The lowest BCUT2D eigenvalue weighted by Crippen LogP contribution is -2.27. The van der Waals surface area contributed by atoms with E-state index in [1.165, 1.54) is 23.3 Å². The highest BCUT2D eigenvalue weighted by Crippen LogP contribution is 2.34. The Kier molecular flexibility index (Phi) is 5.31. The first-order chi connectivity index (χ1) is 9.07. The van der Waals surface area contributed by atoms with Crippen LogP contribution in [0.5, 0.6) is 0 Å². The van der Waals surface area contributed by atoms with E-state index in [9.17, 15) is 5.11 Å². The summed E-state index contributed by atoms with van der Waals surface area (Å²) in [5.41, 5.74) is 0.897. The molecule has 0 saturated heterocycles. The maximum Gasteiger partial charge on any atom is 0.0741 e. The smallest absolute Gasteiger partial charge is 0.0741 e. The van der Waals surface area contributed by atoms with Crippen LogP contribution >= 0.6 is 11.8 Å². The number of aliphatic hydroxyl groups is 1. The van der Waals surface area contributed by atoms with Gasteiger partial charge in [-0.2, -0.15) is 0 Å². The molecule has 106 valence electrons. The molecular formula is C16H25NOS. The highest BCUT2D eigenvalue weighted by molar-refractivity contribution is 7.99. The average molecular weight is 279 g/mol. The van der Waals surface area contributed by atoms with Crippen LogP contribution in [0.2, 0.25) is 0 Å². The van der Waals surface area contributed by atoms with Crippen LogP contribution in [-0.2, 0) is 6.54 Å². The molecule has 0 aliphatic heterocycles. The average Bonchev–Trinajstić information content (AvgIpc) is 2.82. The van der Waals surface area contributed by atoms with Crippen LogP contribution in [0.1, 0.15) is 45.1 Å². The van der Waals surface area contributed by atoms with Crippen molar-refractivity contribution in [3.63, 3.8) is 0 Å². The standard InChI is InChI=1S/C16H25NOS/c1-13(2)17-11-14-6-5-7-15(10-14)19-12-16(18)8-3-4-9-16/h5-7,10,13,17-18H,3-4,8-9,11-12H2,1-2H3. The van der Waals surface area contributed by atoms with E-state index in [0.717, 1.165) is 25.1 Å². The minimum absolute atomic E-state index is 0.420. The lowest BCUT2D eigenvalue weighted by Gasteiger charge is -2.21. The lowest BCUT2D eigenvalue weighted by atomic mass is 10.1. The quantitative estimate of drug-likeness (QED) is 0.781. The number of hydrogen-bond donors (Lipinski definition) is 2. The van der Waals surface area contributed by atoms with Crippen LogP contribution < -0.4 is 5.32 Å². The molecule has 2 nitrogen and oxygen atoms in total. The highest BCUT2D eigenvalue weighted by Gasteiger charge is 2.30. The molecule has 1 fully saturated rings. The van der Waals surface area contributed by atoms with Crippen molar-refractivity contribution in [1.82, 2.24) is 5.32 Å². The zero-order valence-electron chi connectivity index (χ0n) is 12.0. The van der Waals surface area contributed by atoms with Crippen molar-refractivity contribution >= 4 is 11.8 Å². The summed E-state index contributed by atoms with van der Waals surface area (Å²) in [5.74, 6) is 0.827. The lowest BCUT2D eigenvalue weighted by molar-refractivity contribution is 0.0732. The Morgan fingerprint density at radius 2 is 2.05 bits per heavy atom. The summed E-state index contributed by atoms with van der Waals surface area (Å²) in [6.07, 6.45) is 4.29. The van der Waals surface area contributed by atoms with Gasteiger partial charge in [0, 0.05) is 23.2 Å². The van der Waals surface area contributed by atoms with Crippen LogP contribution in [0, 0.1) is 0 Å². The normalized spacial score (nSPS) is 18.1. The van der Waals surface area contributed by atoms with E-state index >= 15 is 0 Å². The fourth-order valence-electron chi connectivity index (χ4n) is 2.46. The third kappa shape index (κ3) is 4.83. The molecule has 3 heteroatoms. The Morgan fingerprint density at radius 3 is 2.74 bits per heavy atom. The number of benzene rings is 1. The highest BCUT2D eigenvalue weighted by atomic mass is 32.2.